The lowest BCUT2D eigenvalue weighted by molar-refractivity contribution is 0.462. The molecule has 0 atom stereocenters. The molecule has 1 saturated carbocycles. The van der Waals surface area contributed by atoms with E-state index >= 15 is 0 Å². The highest BCUT2D eigenvalue weighted by molar-refractivity contribution is 5.92. The molecule has 0 bridgehead atoms. The van der Waals surface area contributed by atoms with Gasteiger partial charge >= 0.3 is 0 Å². The number of fused-ring (bicyclic) bond motifs is 1. The summed E-state index contributed by atoms with van der Waals surface area (Å²) in [6.07, 6.45) is 10.6. The van der Waals surface area contributed by atoms with Crippen molar-refractivity contribution in [2.24, 2.45) is 0 Å². The van der Waals surface area contributed by atoms with E-state index in [1.807, 2.05) is 12.3 Å². The fraction of sp³-hybridized carbons (Fsp3) is 0.500. The molecule has 0 aliphatic heterocycles. The Morgan fingerprint density at radius 2 is 2.12 bits per heavy atom. The summed E-state index contributed by atoms with van der Waals surface area (Å²) in [5.74, 6) is 1.05. The molecule has 3 nitrogen and oxygen atoms in total. The first kappa shape index (κ1) is 10.6. The molecule has 2 N–H and O–H groups in total. The lowest BCUT2D eigenvalue weighted by Gasteiger charge is -2.23. The fourth-order valence-corrected chi connectivity index (χ4v) is 2.79. The highest BCUT2D eigenvalue weighted by Gasteiger charge is 2.15. The Hall–Kier alpha value is -1.51. The molecule has 3 heteroatoms. The van der Waals surface area contributed by atoms with Crippen molar-refractivity contribution in [2.75, 3.05) is 5.32 Å². The Balaban J connectivity index is 1.91. The predicted octanol–water partition coefficient (Wildman–Crippen LogP) is 3.62. The zero-order valence-electron chi connectivity index (χ0n) is 10.3. The molecule has 0 spiro atoms. The largest absolute Gasteiger partial charge is 0.367 e. The first-order valence-corrected chi connectivity index (χ1v) is 6.54. The predicted molar refractivity (Wildman–Crippen MR) is 71.3 cm³/mol. The molecule has 3 rings (SSSR count). The maximum absolute atomic E-state index is 4.50. The molecule has 17 heavy (non-hydrogen) atoms. The van der Waals surface area contributed by atoms with Crippen LogP contribution in [0.15, 0.2) is 18.5 Å². The monoisotopic (exact) mass is 229 g/mol. The van der Waals surface area contributed by atoms with Crippen LogP contribution in [0.4, 0.5) is 5.82 Å². The molecular formula is C14H19N3. The van der Waals surface area contributed by atoms with Gasteiger partial charge < -0.3 is 10.3 Å². The van der Waals surface area contributed by atoms with Crippen LogP contribution in [0.1, 0.15) is 37.7 Å². The van der Waals surface area contributed by atoms with Crippen LogP contribution in [0.25, 0.3) is 10.9 Å². The van der Waals surface area contributed by atoms with E-state index in [0.717, 1.165) is 5.82 Å². The molecule has 0 aromatic carbocycles. The molecular weight excluding hydrogens is 210 g/mol. The highest BCUT2D eigenvalue weighted by Crippen LogP contribution is 2.27. The number of aromatic nitrogens is 2. The molecule has 2 heterocycles. The van der Waals surface area contributed by atoms with Gasteiger partial charge in [0.1, 0.15) is 5.82 Å². The second-order valence-electron chi connectivity index (χ2n) is 5.03. The number of nitrogens with one attached hydrogen (secondary N) is 2. The number of anilines is 1. The van der Waals surface area contributed by atoms with Gasteiger partial charge in [0.05, 0.1) is 5.52 Å². The summed E-state index contributed by atoms with van der Waals surface area (Å²) in [6, 6.07) is 2.64. The van der Waals surface area contributed by atoms with Crippen molar-refractivity contribution in [3.05, 3.63) is 24.0 Å². The summed E-state index contributed by atoms with van der Waals surface area (Å²) >= 11 is 0. The summed E-state index contributed by atoms with van der Waals surface area (Å²) in [5.41, 5.74) is 2.45. The summed E-state index contributed by atoms with van der Waals surface area (Å²) in [6.45, 7) is 2.13. The number of rotatable bonds is 2. The van der Waals surface area contributed by atoms with Gasteiger partial charge in [-0.25, -0.2) is 4.98 Å². The van der Waals surface area contributed by atoms with Crippen LogP contribution in [-0.2, 0) is 0 Å². The van der Waals surface area contributed by atoms with Crippen molar-refractivity contribution in [1.29, 1.82) is 0 Å². The number of nitrogens with zero attached hydrogens (tertiary/aromatic N) is 1. The second kappa shape index (κ2) is 4.40. The summed E-state index contributed by atoms with van der Waals surface area (Å²) in [5, 5.41) is 4.87. The van der Waals surface area contributed by atoms with Crippen molar-refractivity contribution in [3.63, 3.8) is 0 Å². The number of aromatic amines is 1. The van der Waals surface area contributed by atoms with Gasteiger partial charge in [-0.3, -0.25) is 0 Å². The Labute approximate surface area is 102 Å². The number of H-pyrrole nitrogens is 1. The van der Waals surface area contributed by atoms with E-state index in [1.54, 1.807) is 0 Å². The molecule has 1 aliphatic rings. The minimum Gasteiger partial charge on any atom is -0.367 e. The van der Waals surface area contributed by atoms with E-state index in [9.17, 15) is 0 Å². The standard InChI is InChI=1S/C14H19N3/c1-10-9-16-12-7-8-15-14(13(10)12)17-11-5-3-2-4-6-11/h7-9,11,16H,2-6H2,1H3,(H,15,17). The Morgan fingerprint density at radius 1 is 1.29 bits per heavy atom. The van der Waals surface area contributed by atoms with Crippen LogP contribution in [0.2, 0.25) is 0 Å². The average molecular weight is 229 g/mol. The van der Waals surface area contributed by atoms with Crippen LogP contribution in [0, 0.1) is 6.92 Å². The Morgan fingerprint density at radius 3 is 2.94 bits per heavy atom. The maximum atomic E-state index is 4.50. The minimum absolute atomic E-state index is 0.608. The average Bonchev–Trinajstić information content (AvgIpc) is 2.74. The molecule has 0 amide bonds. The Bertz CT molecular complexity index is 509. The first-order valence-electron chi connectivity index (χ1n) is 6.54. The van der Waals surface area contributed by atoms with Crippen LogP contribution in [-0.4, -0.2) is 16.0 Å². The molecule has 1 fully saturated rings. The maximum Gasteiger partial charge on any atom is 0.135 e. The van der Waals surface area contributed by atoms with Gasteiger partial charge in [0.2, 0.25) is 0 Å². The summed E-state index contributed by atoms with van der Waals surface area (Å²) in [7, 11) is 0. The van der Waals surface area contributed by atoms with Gasteiger partial charge in [0.15, 0.2) is 0 Å². The number of hydrogen-bond donors (Lipinski definition) is 2. The van der Waals surface area contributed by atoms with Crippen molar-refractivity contribution < 1.29 is 0 Å². The number of aryl methyl sites for hydroxylation is 1. The quantitative estimate of drug-likeness (QED) is 0.825. The molecule has 90 valence electrons. The molecule has 2 aromatic heterocycles. The van der Waals surface area contributed by atoms with E-state index in [-0.39, 0.29) is 0 Å². The molecule has 0 saturated heterocycles. The Kier molecular flexibility index (Phi) is 2.75. The van der Waals surface area contributed by atoms with Crippen molar-refractivity contribution in [2.45, 2.75) is 45.1 Å². The van der Waals surface area contributed by atoms with E-state index < -0.39 is 0 Å². The van der Waals surface area contributed by atoms with E-state index in [1.165, 1.54) is 48.6 Å². The third-order valence-corrected chi connectivity index (χ3v) is 3.74. The number of hydrogen-bond acceptors (Lipinski definition) is 2. The van der Waals surface area contributed by atoms with Crippen molar-refractivity contribution in [3.8, 4) is 0 Å². The molecule has 0 radical (unpaired) electrons. The molecule has 2 aromatic rings. The van der Waals surface area contributed by atoms with Gasteiger partial charge in [0.25, 0.3) is 0 Å². The smallest absolute Gasteiger partial charge is 0.135 e. The summed E-state index contributed by atoms with van der Waals surface area (Å²) < 4.78 is 0. The second-order valence-corrected chi connectivity index (χ2v) is 5.03. The van der Waals surface area contributed by atoms with E-state index in [0.29, 0.717) is 6.04 Å². The highest BCUT2D eigenvalue weighted by atomic mass is 15.0. The topological polar surface area (TPSA) is 40.7 Å². The van der Waals surface area contributed by atoms with Crippen LogP contribution < -0.4 is 5.32 Å². The normalized spacial score (nSPS) is 17.5. The van der Waals surface area contributed by atoms with Crippen LogP contribution in [0.5, 0.6) is 0 Å². The van der Waals surface area contributed by atoms with Gasteiger partial charge in [-0.05, 0) is 31.4 Å². The molecule has 0 unspecified atom stereocenters. The lowest BCUT2D eigenvalue weighted by Crippen LogP contribution is -2.22. The van der Waals surface area contributed by atoms with Gasteiger partial charge in [0, 0.05) is 23.8 Å². The van der Waals surface area contributed by atoms with E-state index in [4.69, 9.17) is 0 Å². The first-order chi connectivity index (χ1) is 8.34. The zero-order valence-corrected chi connectivity index (χ0v) is 10.3. The lowest BCUT2D eigenvalue weighted by atomic mass is 9.95. The summed E-state index contributed by atoms with van der Waals surface area (Å²) in [4.78, 5) is 7.79. The minimum atomic E-state index is 0.608. The number of pyridine rings is 1. The van der Waals surface area contributed by atoms with Crippen molar-refractivity contribution in [1.82, 2.24) is 9.97 Å². The third-order valence-electron chi connectivity index (χ3n) is 3.74. The van der Waals surface area contributed by atoms with Gasteiger partial charge in [-0.1, -0.05) is 19.3 Å². The third kappa shape index (κ3) is 2.02. The fourth-order valence-electron chi connectivity index (χ4n) is 2.79. The van der Waals surface area contributed by atoms with Crippen LogP contribution in [0.3, 0.4) is 0 Å². The van der Waals surface area contributed by atoms with Crippen LogP contribution >= 0.6 is 0 Å². The zero-order chi connectivity index (χ0) is 11.7. The SMILES string of the molecule is Cc1c[nH]c2ccnc(NC3CCCCC3)c12. The van der Waals surface area contributed by atoms with Crippen molar-refractivity contribution >= 4 is 16.7 Å². The van der Waals surface area contributed by atoms with Gasteiger partial charge in [-0.15, -0.1) is 0 Å². The van der Waals surface area contributed by atoms with Gasteiger partial charge in [-0.2, -0.15) is 0 Å². The molecule has 1 aliphatic carbocycles. The van der Waals surface area contributed by atoms with E-state index in [2.05, 4.69) is 28.4 Å².